The van der Waals surface area contributed by atoms with Gasteiger partial charge in [0, 0.05) is 23.9 Å². The van der Waals surface area contributed by atoms with Gasteiger partial charge >= 0.3 is 5.69 Å². The third-order valence-corrected chi connectivity index (χ3v) is 3.68. The lowest BCUT2D eigenvalue weighted by Crippen LogP contribution is -2.23. The van der Waals surface area contributed by atoms with Crippen molar-refractivity contribution >= 4 is 11.4 Å². The molecule has 1 aromatic rings. The molecule has 0 bridgehead atoms. The van der Waals surface area contributed by atoms with Crippen molar-refractivity contribution in [3.8, 4) is 0 Å². The van der Waals surface area contributed by atoms with Crippen molar-refractivity contribution in [2.24, 2.45) is 5.92 Å². The van der Waals surface area contributed by atoms with Crippen molar-refractivity contribution in [1.29, 1.82) is 0 Å². The maximum Gasteiger partial charge on any atom is 0.304 e. The molecule has 1 N–H and O–H groups in total. The second kappa shape index (κ2) is 5.33. The fourth-order valence-electron chi connectivity index (χ4n) is 2.67. The number of nitrogens with zero attached hydrogens (tertiary/aromatic N) is 1. The molecule has 2 atom stereocenters. The Morgan fingerprint density at radius 2 is 2.28 bits per heavy atom. The van der Waals surface area contributed by atoms with Gasteiger partial charge in [-0.3, -0.25) is 10.1 Å². The van der Waals surface area contributed by atoms with E-state index in [-0.39, 0.29) is 0 Å². The zero-order valence-electron chi connectivity index (χ0n) is 10.4. The van der Waals surface area contributed by atoms with Crippen molar-refractivity contribution < 1.29 is 9.31 Å². The Bertz CT molecular complexity index is 451. The molecule has 0 aliphatic heterocycles. The van der Waals surface area contributed by atoms with Crippen LogP contribution >= 0.6 is 0 Å². The van der Waals surface area contributed by atoms with E-state index >= 15 is 0 Å². The van der Waals surface area contributed by atoms with E-state index in [4.69, 9.17) is 0 Å². The smallest absolute Gasteiger partial charge is 0.304 e. The summed E-state index contributed by atoms with van der Waals surface area (Å²) in [7, 11) is 0. The fourth-order valence-corrected chi connectivity index (χ4v) is 2.67. The molecular weight excluding hydrogens is 235 g/mol. The van der Waals surface area contributed by atoms with Gasteiger partial charge in [0.25, 0.3) is 0 Å². The van der Waals surface area contributed by atoms with Crippen LogP contribution in [-0.4, -0.2) is 11.0 Å². The third kappa shape index (κ3) is 2.60. The zero-order chi connectivity index (χ0) is 13.1. The number of halogens is 1. The predicted octanol–water partition coefficient (Wildman–Crippen LogP) is 3.72. The summed E-state index contributed by atoms with van der Waals surface area (Å²) in [6.45, 7) is 2.15. The van der Waals surface area contributed by atoms with Crippen molar-refractivity contribution in [3.05, 3.63) is 34.1 Å². The highest BCUT2D eigenvalue weighted by atomic mass is 19.1. The minimum absolute atomic E-state index is 0.357. The number of nitro benzene ring substituents is 1. The molecule has 1 aromatic carbocycles. The van der Waals surface area contributed by atoms with Crippen LogP contribution < -0.4 is 5.32 Å². The van der Waals surface area contributed by atoms with Crippen molar-refractivity contribution in [2.75, 3.05) is 5.32 Å². The predicted molar refractivity (Wildman–Crippen MR) is 68.1 cm³/mol. The lowest BCUT2D eigenvalue weighted by Gasteiger charge is -2.20. The number of anilines is 1. The zero-order valence-corrected chi connectivity index (χ0v) is 10.4. The summed E-state index contributed by atoms with van der Waals surface area (Å²) in [5.41, 5.74) is 0.155. The van der Waals surface area contributed by atoms with Crippen LogP contribution in [0.5, 0.6) is 0 Å². The second-order valence-electron chi connectivity index (χ2n) is 4.77. The Hall–Kier alpha value is -1.65. The molecule has 0 radical (unpaired) electrons. The first-order valence-corrected chi connectivity index (χ1v) is 6.32. The van der Waals surface area contributed by atoms with Gasteiger partial charge in [-0.05, 0) is 24.8 Å². The highest BCUT2D eigenvalue weighted by Crippen LogP contribution is 2.31. The average Bonchev–Trinajstić information content (AvgIpc) is 2.76. The molecule has 2 unspecified atom stereocenters. The van der Waals surface area contributed by atoms with Crippen LogP contribution in [0.2, 0.25) is 0 Å². The number of hydrogen-bond acceptors (Lipinski definition) is 3. The molecule has 1 aliphatic carbocycles. The van der Waals surface area contributed by atoms with Gasteiger partial charge in [-0.1, -0.05) is 19.8 Å². The molecule has 0 aromatic heterocycles. The van der Waals surface area contributed by atoms with Crippen LogP contribution in [0.3, 0.4) is 0 Å². The van der Waals surface area contributed by atoms with E-state index in [1.165, 1.54) is 25.0 Å². The van der Waals surface area contributed by atoms with E-state index in [0.717, 1.165) is 12.8 Å². The van der Waals surface area contributed by atoms with Gasteiger partial charge in [-0.2, -0.15) is 4.39 Å². The quantitative estimate of drug-likeness (QED) is 0.656. The summed E-state index contributed by atoms with van der Waals surface area (Å²) in [6, 6.07) is 4.36. The van der Waals surface area contributed by atoms with Gasteiger partial charge in [-0.25, -0.2) is 0 Å². The minimum Gasteiger partial charge on any atom is -0.382 e. The van der Waals surface area contributed by atoms with E-state index in [1.807, 2.05) is 0 Å². The molecule has 0 saturated heterocycles. The van der Waals surface area contributed by atoms with Gasteiger partial charge < -0.3 is 5.32 Å². The Balaban J connectivity index is 2.10. The highest BCUT2D eigenvalue weighted by molar-refractivity contribution is 5.50. The number of nitro groups is 1. The van der Waals surface area contributed by atoms with Gasteiger partial charge in [0.05, 0.1) is 4.92 Å². The average molecular weight is 252 g/mol. The minimum atomic E-state index is -0.781. The number of hydrogen-bond donors (Lipinski definition) is 1. The molecular formula is C13H17FN2O2. The molecule has 18 heavy (non-hydrogen) atoms. The number of benzene rings is 1. The summed E-state index contributed by atoms with van der Waals surface area (Å²) < 4.78 is 13.5. The molecule has 4 nitrogen and oxygen atoms in total. The summed E-state index contributed by atoms with van der Waals surface area (Å²) in [5.74, 6) is -0.167. The lowest BCUT2D eigenvalue weighted by molar-refractivity contribution is -0.387. The molecule has 0 amide bonds. The van der Waals surface area contributed by atoms with Crippen LogP contribution in [0.25, 0.3) is 0 Å². The molecule has 1 aliphatic rings. The topological polar surface area (TPSA) is 55.2 Å². The normalized spacial score (nSPS) is 23.0. The molecule has 5 heteroatoms. The molecule has 1 saturated carbocycles. The van der Waals surface area contributed by atoms with Crippen molar-refractivity contribution in [3.63, 3.8) is 0 Å². The third-order valence-electron chi connectivity index (χ3n) is 3.68. The number of rotatable bonds is 4. The fraction of sp³-hybridized carbons (Fsp3) is 0.538. The van der Waals surface area contributed by atoms with Gasteiger partial charge in [-0.15, -0.1) is 0 Å². The molecule has 98 valence electrons. The van der Waals surface area contributed by atoms with E-state index in [2.05, 4.69) is 12.2 Å². The summed E-state index contributed by atoms with van der Waals surface area (Å²) in [4.78, 5) is 9.82. The standard InChI is InChI=1S/C13H17FN2O2/c1-2-9-4-3-5-12(9)15-10-6-7-13(16(17)18)11(14)8-10/h6-9,12,15H,2-5H2,1H3. The van der Waals surface area contributed by atoms with Crippen LogP contribution in [0.4, 0.5) is 15.8 Å². The Morgan fingerprint density at radius 1 is 1.50 bits per heavy atom. The first-order valence-electron chi connectivity index (χ1n) is 6.32. The molecule has 0 spiro atoms. The first-order chi connectivity index (χ1) is 8.61. The van der Waals surface area contributed by atoms with Crippen LogP contribution in [0.1, 0.15) is 32.6 Å². The van der Waals surface area contributed by atoms with Crippen molar-refractivity contribution in [1.82, 2.24) is 0 Å². The van der Waals surface area contributed by atoms with Crippen LogP contribution in [0.15, 0.2) is 18.2 Å². The lowest BCUT2D eigenvalue weighted by atomic mass is 10.0. The first kappa shape index (κ1) is 12.8. The van der Waals surface area contributed by atoms with Crippen molar-refractivity contribution in [2.45, 2.75) is 38.6 Å². The van der Waals surface area contributed by atoms with Crippen LogP contribution in [-0.2, 0) is 0 Å². The molecule has 0 heterocycles. The van der Waals surface area contributed by atoms with Gasteiger partial charge in [0.15, 0.2) is 0 Å². The highest BCUT2D eigenvalue weighted by Gasteiger charge is 2.26. The Morgan fingerprint density at radius 3 is 2.89 bits per heavy atom. The van der Waals surface area contributed by atoms with E-state index in [1.54, 1.807) is 6.07 Å². The summed E-state index contributed by atoms with van der Waals surface area (Å²) in [5, 5.41) is 13.8. The largest absolute Gasteiger partial charge is 0.382 e. The van der Waals surface area contributed by atoms with E-state index in [9.17, 15) is 14.5 Å². The van der Waals surface area contributed by atoms with Gasteiger partial charge in [0.1, 0.15) is 0 Å². The molecule has 2 rings (SSSR count). The Labute approximate surface area is 105 Å². The summed E-state index contributed by atoms with van der Waals surface area (Å²) in [6.07, 6.45) is 4.57. The monoisotopic (exact) mass is 252 g/mol. The van der Waals surface area contributed by atoms with Gasteiger partial charge in [0.2, 0.25) is 5.82 Å². The van der Waals surface area contributed by atoms with Crippen LogP contribution in [0, 0.1) is 21.8 Å². The SMILES string of the molecule is CCC1CCCC1Nc1ccc([N+](=O)[O-])c(F)c1. The number of nitrogens with one attached hydrogen (secondary N) is 1. The maximum atomic E-state index is 13.5. The second-order valence-corrected chi connectivity index (χ2v) is 4.77. The summed E-state index contributed by atoms with van der Waals surface area (Å²) >= 11 is 0. The van der Waals surface area contributed by atoms with E-state index < -0.39 is 16.4 Å². The maximum absolute atomic E-state index is 13.5. The molecule has 1 fully saturated rings. The van der Waals surface area contributed by atoms with E-state index in [0.29, 0.717) is 17.6 Å². The Kier molecular flexibility index (Phi) is 3.79.